The van der Waals surface area contributed by atoms with Crippen LogP contribution in [0.5, 0.6) is 0 Å². The molecule has 1 heterocycles. The number of hydrazine groups is 1. The van der Waals surface area contributed by atoms with Gasteiger partial charge in [0.25, 0.3) is 5.91 Å². The third-order valence-electron chi connectivity index (χ3n) is 4.49. The van der Waals surface area contributed by atoms with Crippen molar-refractivity contribution in [2.45, 2.75) is 43.4 Å². The van der Waals surface area contributed by atoms with Crippen LogP contribution in [0.3, 0.4) is 0 Å². The van der Waals surface area contributed by atoms with Crippen LogP contribution in [-0.2, 0) is 27.5 Å². The number of thiophene rings is 1. The van der Waals surface area contributed by atoms with E-state index in [1.165, 1.54) is 40.3 Å². The van der Waals surface area contributed by atoms with E-state index in [-0.39, 0.29) is 23.0 Å². The Morgan fingerprint density at radius 1 is 1.00 bits per heavy atom. The molecule has 1 aliphatic carbocycles. The van der Waals surface area contributed by atoms with Gasteiger partial charge in [-0.1, -0.05) is 24.6 Å². The first-order valence-corrected chi connectivity index (χ1v) is 11.4. The van der Waals surface area contributed by atoms with Gasteiger partial charge < -0.3 is 0 Å². The minimum absolute atomic E-state index is 0.182. The molecule has 0 unspecified atom stereocenters. The molecular formula is C19H22N2O4S2. The Bertz CT molecular complexity index is 897. The van der Waals surface area contributed by atoms with Gasteiger partial charge in [0.2, 0.25) is 5.91 Å². The molecule has 2 N–H and O–H groups in total. The maximum Gasteiger partial charge on any atom is 0.279 e. The lowest BCUT2D eigenvalue weighted by Crippen LogP contribution is -2.41. The second kappa shape index (κ2) is 8.67. The van der Waals surface area contributed by atoms with Crippen molar-refractivity contribution in [2.75, 3.05) is 5.75 Å². The lowest BCUT2D eigenvalue weighted by Gasteiger charge is -2.07. The Hall–Kier alpha value is -2.19. The zero-order chi connectivity index (χ0) is 19.3. The minimum atomic E-state index is -3.52. The predicted molar refractivity (Wildman–Crippen MR) is 104 cm³/mol. The van der Waals surface area contributed by atoms with Gasteiger partial charge in [-0.05, 0) is 49.4 Å². The molecule has 1 aromatic carbocycles. The van der Waals surface area contributed by atoms with Gasteiger partial charge in [-0.3, -0.25) is 20.4 Å². The number of rotatable bonds is 5. The average molecular weight is 407 g/mol. The molecule has 0 bridgehead atoms. The van der Waals surface area contributed by atoms with Gasteiger partial charge in [-0.25, -0.2) is 8.42 Å². The summed E-state index contributed by atoms with van der Waals surface area (Å²) in [5.74, 6) is -1.22. The van der Waals surface area contributed by atoms with E-state index in [1.54, 1.807) is 18.2 Å². The molecule has 27 heavy (non-hydrogen) atoms. The molecule has 0 saturated carbocycles. The molecule has 0 radical (unpaired) electrons. The van der Waals surface area contributed by atoms with E-state index in [0.717, 1.165) is 25.7 Å². The highest BCUT2D eigenvalue weighted by Crippen LogP contribution is 2.28. The lowest BCUT2D eigenvalue weighted by atomic mass is 10.1. The zero-order valence-corrected chi connectivity index (χ0v) is 16.5. The average Bonchev–Trinajstić information content (AvgIpc) is 2.96. The van der Waals surface area contributed by atoms with Crippen molar-refractivity contribution >= 4 is 33.0 Å². The summed E-state index contributed by atoms with van der Waals surface area (Å²) in [4.78, 5) is 26.2. The van der Waals surface area contributed by atoms with Crippen molar-refractivity contribution in [2.24, 2.45) is 0 Å². The second-order valence-electron chi connectivity index (χ2n) is 6.50. The maximum absolute atomic E-state index is 12.2. The fourth-order valence-corrected chi connectivity index (χ4v) is 5.41. The number of fused-ring (bicyclic) bond motifs is 1. The minimum Gasteiger partial charge on any atom is -0.273 e. The number of sulfone groups is 1. The summed E-state index contributed by atoms with van der Waals surface area (Å²) in [6.45, 7) is 0. The fourth-order valence-electron chi connectivity index (χ4n) is 3.00. The van der Waals surface area contributed by atoms with Gasteiger partial charge in [0, 0.05) is 11.3 Å². The first kappa shape index (κ1) is 19.6. The fraction of sp³-hybridized carbons (Fsp3) is 0.368. The quantitative estimate of drug-likeness (QED) is 0.590. The summed E-state index contributed by atoms with van der Waals surface area (Å²) in [6.07, 6.45) is 5.25. The molecule has 6 nitrogen and oxygen atoms in total. The van der Waals surface area contributed by atoms with Crippen LogP contribution < -0.4 is 10.9 Å². The third-order valence-corrected chi connectivity index (χ3v) is 7.45. The van der Waals surface area contributed by atoms with Crippen molar-refractivity contribution in [1.82, 2.24) is 10.9 Å². The highest BCUT2D eigenvalue weighted by molar-refractivity contribution is 7.91. The number of aryl methyl sites for hydroxylation is 2. The zero-order valence-electron chi connectivity index (χ0n) is 14.9. The number of benzene rings is 1. The topological polar surface area (TPSA) is 92.3 Å². The molecule has 2 amide bonds. The van der Waals surface area contributed by atoms with E-state index in [1.807, 2.05) is 6.07 Å². The molecule has 0 spiro atoms. The number of hydrogen-bond acceptors (Lipinski definition) is 5. The van der Waals surface area contributed by atoms with E-state index in [9.17, 15) is 18.0 Å². The van der Waals surface area contributed by atoms with Crippen molar-refractivity contribution in [3.8, 4) is 0 Å². The lowest BCUT2D eigenvalue weighted by molar-refractivity contribution is -0.121. The normalized spacial score (nSPS) is 14.1. The van der Waals surface area contributed by atoms with E-state index >= 15 is 0 Å². The van der Waals surface area contributed by atoms with Crippen molar-refractivity contribution in [3.05, 3.63) is 51.7 Å². The van der Waals surface area contributed by atoms with Crippen molar-refractivity contribution < 1.29 is 18.0 Å². The predicted octanol–water partition coefficient (Wildman–Crippen LogP) is 2.64. The van der Waals surface area contributed by atoms with Gasteiger partial charge >= 0.3 is 0 Å². The van der Waals surface area contributed by atoms with Crippen LogP contribution in [0.25, 0.3) is 0 Å². The second-order valence-corrected chi connectivity index (χ2v) is 9.75. The maximum atomic E-state index is 12.2. The van der Waals surface area contributed by atoms with E-state index < -0.39 is 15.7 Å². The molecule has 0 saturated heterocycles. The molecular weight excluding hydrogens is 384 g/mol. The van der Waals surface area contributed by atoms with Crippen molar-refractivity contribution in [3.63, 3.8) is 0 Å². The van der Waals surface area contributed by atoms with Crippen LogP contribution in [0.1, 0.15) is 45.8 Å². The first-order valence-electron chi connectivity index (χ1n) is 8.94. The van der Waals surface area contributed by atoms with Crippen LogP contribution in [-0.4, -0.2) is 26.0 Å². The Labute approximate surface area is 162 Å². The number of carbonyl (C=O) groups is 2. The van der Waals surface area contributed by atoms with Gasteiger partial charge in [0.1, 0.15) is 0 Å². The molecule has 0 fully saturated rings. The largest absolute Gasteiger partial charge is 0.279 e. The van der Waals surface area contributed by atoms with Crippen LogP contribution >= 0.6 is 11.3 Å². The Morgan fingerprint density at radius 2 is 1.74 bits per heavy atom. The van der Waals surface area contributed by atoms with Crippen molar-refractivity contribution in [1.29, 1.82) is 0 Å². The number of carbonyl (C=O) groups excluding carboxylic acids is 2. The molecule has 3 rings (SSSR count). The van der Waals surface area contributed by atoms with E-state index in [4.69, 9.17) is 0 Å². The monoisotopic (exact) mass is 406 g/mol. The van der Waals surface area contributed by atoms with E-state index in [2.05, 4.69) is 10.9 Å². The summed E-state index contributed by atoms with van der Waals surface area (Å²) in [5.41, 5.74) is 5.90. The molecule has 1 aliphatic rings. The van der Waals surface area contributed by atoms with E-state index in [0.29, 0.717) is 4.88 Å². The smallest absolute Gasteiger partial charge is 0.273 e. The SMILES string of the molecule is O=C(CCS(=O)(=O)c1ccccc1)NNC(=O)c1cc2c(s1)CCCCC2. The van der Waals surface area contributed by atoms with Gasteiger partial charge in [-0.2, -0.15) is 0 Å². The van der Waals surface area contributed by atoms with Gasteiger partial charge in [0.15, 0.2) is 9.84 Å². The summed E-state index contributed by atoms with van der Waals surface area (Å²) >= 11 is 1.46. The number of hydrogen-bond donors (Lipinski definition) is 2. The highest BCUT2D eigenvalue weighted by Gasteiger charge is 2.18. The third kappa shape index (κ3) is 5.17. The van der Waals surface area contributed by atoms with Crippen LogP contribution in [0.2, 0.25) is 0 Å². The molecule has 2 aromatic rings. The van der Waals surface area contributed by atoms with Gasteiger partial charge in [0.05, 0.1) is 15.5 Å². The summed E-state index contributed by atoms with van der Waals surface area (Å²) in [6, 6.07) is 9.88. The summed E-state index contributed by atoms with van der Waals surface area (Å²) in [7, 11) is -3.52. The highest BCUT2D eigenvalue weighted by atomic mass is 32.2. The number of amides is 2. The summed E-state index contributed by atoms with van der Waals surface area (Å²) < 4.78 is 24.3. The first-order chi connectivity index (χ1) is 13.0. The van der Waals surface area contributed by atoms with Crippen LogP contribution in [0, 0.1) is 0 Å². The molecule has 0 atom stereocenters. The van der Waals surface area contributed by atoms with Crippen LogP contribution in [0.15, 0.2) is 41.3 Å². The molecule has 144 valence electrons. The molecule has 8 heteroatoms. The van der Waals surface area contributed by atoms with Crippen LogP contribution in [0.4, 0.5) is 0 Å². The number of nitrogens with one attached hydrogen (secondary N) is 2. The standard InChI is InChI=1S/C19H22N2O4S2/c22-18(11-12-27(24,25)15-8-4-2-5-9-15)20-21-19(23)17-13-14-7-3-1-6-10-16(14)26-17/h2,4-5,8-9,13H,1,3,6-7,10-12H2,(H,20,22)(H,21,23). The molecule has 1 aromatic heterocycles. The Balaban J connectivity index is 1.50. The van der Waals surface area contributed by atoms with Gasteiger partial charge in [-0.15, -0.1) is 11.3 Å². The summed E-state index contributed by atoms with van der Waals surface area (Å²) in [5, 5.41) is 0. The Kier molecular flexibility index (Phi) is 6.28. The molecule has 0 aliphatic heterocycles. The Morgan fingerprint density at radius 3 is 2.52 bits per heavy atom.